The molecule has 22 heavy (non-hydrogen) atoms. The Kier molecular flexibility index (Phi) is 4.97. The summed E-state index contributed by atoms with van der Waals surface area (Å²) in [5.41, 5.74) is 0.420. The van der Waals surface area contributed by atoms with Crippen LogP contribution >= 0.6 is 11.3 Å². The molecule has 2 atom stereocenters. The Hall–Kier alpha value is -1.73. The molecule has 2 rings (SSSR count). The van der Waals surface area contributed by atoms with Crippen molar-refractivity contribution < 1.29 is 9.90 Å². The van der Waals surface area contributed by atoms with Crippen molar-refractivity contribution in [3.05, 3.63) is 32.7 Å². The van der Waals surface area contributed by atoms with Gasteiger partial charge >= 0.3 is 0 Å². The minimum absolute atomic E-state index is 0.00486. The Labute approximate surface area is 132 Å². The van der Waals surface area contributed by atoms with Crippen molar-refractivity contribution in [2.45, 2.75) is 40.2 Å². The predicted molar refractivity (Wildman–Crippen MR) is 86.6 cm³/mol. The summed E-state index contributed by atoms with van der Waals surface area (Å²) in [5.74, 6) is -0.415. The summed E-state index contributed by atoms with van der Waals surface area (Å²) in [5, 5.41) is 12.5. The maximum Gasteiger partial charge on any atom is 0.271 e. The van der Waals surface area contributed by atoms with Crippen LogP contribution < -0.4 is 10.9 Å². The van der Waals surface area contributed by atoms with Gasteiger partial charge in [-0.2, -0.15) is 0 Å². The number of hydrogen-bond donors (Lipinski definition) is 2. The first-order valence-electron chi connectivity index (χ1n) is 7.30. The molecule has 0 aliphatic heterocycles. The van der Waals surface area contributed by atoms with Gasteiger partial charge in [0.2, 0.25) is 0 Å². The Bertz CT molecular complexity index is 750. The number of hydrogen-bond acceptors (Lipinski definition) is 5. The summed E-state index contributed by atoms with van der Waals surface area (Å²) in [7, 11) is 0. The molecule has 0 spiro atoms. The highest BCUT2D eigenvalue weighted by molar-refractivity contribution is 7.17. The first-order chi connectivity index (χ1) is 10.4. The lowest BCUT2D eigenvalue weighted by atomic mass is 10.0. The number of nitrogens with one attached hydrogen (secondary N) is 1. The van der Waals surface area contributed by atoms with Gasteiger partial charge in [-0.3, -0.25) is 14.0 Å². The Morgan fingerprint density at radius 1 is 1.50 bits per heavy atom. The molecule has 0 bridgehead atoms. The molecule has 0 saturated heterocycles. The predicted octanol–water partition coefficient (Wildman–Crippen LogP) is 1.51. The molecule has 120 valence electrons. The number of aromatic nitrogens is 2. The van der Waals surface area contributed by atoms with E-state index in [1.165, 1.54) is 21.9 Å². The number of aryl methyl sites for hydroxylation is 2. The average molecular weight is 323 g/mol. The maximum atomic E-state index is 12.4. The van der Waals surface area contributed by atoms with Gasteiger partial charge in [-0.1, -0.05) is 20.3 Å². The molecule has 7 heteroatoms. The summed E-state index contributed by atoms with van der Waals surface area (Å²) in [6.45, 7) is 7.75. The van der Waals surface area contributed by atoms with E-state index >= 15 is 0 Å². The molecule has 0 radical (unpaired) electrons. The van der Waals surface area contributed by atoms with Crippen LogP contribution in [0.2, 0.25) is 0 Å². The molecule has 2 aromatic rings. The van der Waals surface area contributed by atoms with E-state index < -0.39 is 12.0 Å². The molecule has 0 fully saturated rings. The Morgan fingerprint density at radius 2 is 2.18 bits per heavy atom. The molecule has 2 heterocycles. The van der Waals surface area contributed by atoms with Crippen molar-refractivity contribution in [3.8, 4) is 0 Å². The van der Waals surface area contributed by atoms with Crippen LogP contribution in [-0.2, 0) is 0 Å². The zero-order valence-corrected chi connectivity index (χ0v) is 14.0. The van der Waals surface area contributed by atoms with Crippen LogP contribution in [0.5, 0.6) is 0 Å². The van der Waals surface area contributed by atoms with E-state index in [1.54, 1.807) is 0 Å². The van der Waals surface area contributed by atoms with Gasteiger partial charge < -0.3 is 10.4 Å². The van der Waals surface area contributed by atoms with Crippen molar-refractivity contribution in [3.63, 3.8) is 0 Å². The van der Waals surface area contributed by atoms with Crippen LogP contribution in [0.25, 0.3) is 4.96 Å². The normalized spacial score (nSPS) is 14.0. The van der Waals surface area contributed by atoms with Crippen molar-refractivity contribution in [1.29, 1.82) is 0 Å². The second-order valence-corrected chi connectivity index (χ2v) is 6.68. The molecule has 0 saturated carbocycles. The van der Waals surface area contributed by atoms with E-state index in [2.05, 4.69) is 10.3 Å². The summed E-state index contributed by atoms with van der Waals surface area (Å²) < 4.78 is 1.46. The first kappa shape index (κ1) is 16.6. The number of carbonyl (C=O) groups excluding carboxylic acids is 1. The minimum atomic E-state index is -0.626. The van der Waals surface area contributed by atoms with E-state index in [1.807, 2.05) is 27.7 Å². The lowest BCUT2D eigenvalue weighted by Crippen LogP contribution is -2.38. The lowest BCUT2D eigenvalue weighted by molar-refractivity contribution is 0.0848. The second kappa shape index (κ2) is 6.58. The van der Waals surface area contributed by atoms with Crippen molar-refractivity contribution >= 4 is 22.2 Å². The highest BCUT2D eigenvalue weighted by Gasteiger charge is 2.18. The van der Waals surface area contributed by atoms with Gasteiger partial charge in [0, 0.05) is 23.3 Å². The third-order valence-corrected chi connectivity index (χ3v) is 5.11. The fraction of sp³-hybridized carbons (Fsp3) is 0.533. The smallest absolute Gasteiger partial charge is 0.271 e. The van der Waals surface area contributed by atoms with Gasteiger partial charge in [0.15, 0.2) is 4.96 Å². The molecular weight excluding hydrogens is 302 g/mol. The number of nitrogens with zero attached hydrogens (tertiary/aromatic N) is 2. The standard InChI is InChI=1S/C15H21N3O3S/c1-5-8(2)12(19)7-16-13(20)11-6-17-15-18(14(11)21)9(3)10(4)22-15/h6,8,12,19H,5,7H2,1-4H3,(H,16,20). The van der Waals surface area contributed by atoms with Crippen molar-refractivity contribution in [2.24, 2.45) is 5.92 Å². The molecule has 2 N–H and O–H groups in total. The fourth-order valence-corrected chi connectivity index (χ4v) is 3.03. The summed E-state index contributed by atoms with van der Waals surface area (Å²) in [6.07, 6.45) is 1.50. The number of amides is 1. The fourth-order valence-electron chi connectivity index (χ4n) is 2.10. The first-order valence-corrected chi connectivity index (χ1v) is 8.12. The van der Waals surface area contributed by atoms with Crippen LogP contribution in [0.15, 0.2) is 11.0 Å². The van der Waals surface area contributed by atoms with Gasteiger partial charge in [0.1, 0.15) is 5.56 Å². The van der Waals surface area contributed by atoms with E-state index in [4.69, 9.17) is 0 Å². The van der Waals surface area contributed by atoms with Gasteiger partial charge in [-0.05, 0) is 19.8 Å². The molecule has 1 amide bonds. The third kappa shape index (κ3) is 3.05. The van der Waals surface area contributed by atoms with Crippen LogP contribution in [0.3, 0.4) is 0 Å². The number of carbonyl (C=O) groups is 1. The van der Waals surface area contributed by atoms with Crippen LogP contribution in [0.4, 0.5) is 0 Å². The molecule has 2 unspecified atom stereocenters. The number of rotatable bonds is 5. The number of fused-ring (bicyclic) bond motifs is 1. The van der Waals surface area contributed by atoms with Gasteiger partial charge in [0.05, 0.1) is 6.10 Å². The minimum Gasteiger partial charge on any atom is -0.391 e. The molecule has 0 aliphatic rings. The van der Waals surface area contributed by atoms with E-state index in [0.29, 0.717) is 4.96 Å². The Morgan fingerprint density at radius 3 is 2.82 bits per heavy atom. The van der Waals surface area contributed by atoms with Crippen molar-refractivity contribution in [1.82, 2.24) is 14.7 Å². The van der Waals surface area contributed by atoms with E-state index in [0.717, 1.165) is 17.0 Å². The highest BCUT2D eigenvalue weighted by Crippen LogP contribution is 2.18. The number of aliphatic hydroxyl groups excluding tert-OH is 1. The number of aliphatic hydroxyl groups is 1. The highest BCUT2D eigenvalue weighted by atomic mass is 32.1. The van der Waals surface area contributed by atoms with Crippen molar-refractivity contribution in [2.75, 3.05) is 6.54 Å². The lowest BCUT2D eigenvalue weighted by Gasteiger charge is -2.17. The summed E-state index contributed by atoms with van der Waals surface area (Å²) in [4.78, 5) is 30.4. The SMILES string of the molecule is CCC(C)C(O)CNC(=O)c1cnc2sc(C)c(C)n2c1=O. The largest absolute Gasteiger partial charge is 0.391 e. The van der Waals surface area contributed by atoms with Crippen LogP contribution in [-0.4, -0.2) is 33.0 Å². The second-order valence-electron chi connectivity index (χ2n) is 5.50. The average Bonchev–Trinajstić information content (AvgIpc) is 2.79. The van der Waals surface area contributed by atoms with Gasteiger partial charge in [-0.15, -0.1) is 11.3 Å². The monoisotopic (exact) mass is 323 g/mol. The van der Waals surface area contributed by atoms with Gasteiger partial charge in [0.25, 0.3) is 11.5 Å². The number of thiazole rings is 1. The zero-order chi connectivity index (χ0) is 16.4. The summed E-state index contributed by atoms with van der Waals surface area (Å²) >= 11 is 1.42. The molecule has 0 aliphatic carbocycles. The molecular formula is C15H21N3O3S. The molecule has 6 nitrogen and oxygen atoms in total. The van der Waals surface area contributed by atoms with Crippen LogP contribution in [0.1, 0.15) is 41.2 Å². The third-order valence-electron chi connectivity index (χ3n) is 4.04. The van der Waals surface area contributed by atoms with Crippen LogP contribution in [0, 0.1) is 19.8 Å². The Balaban J connectivity index is 2.24. The van der Waals surface area contributed by atoms with Gasteiger partial charge in [-0.25, -0.2) is 4.98 Å². The van der Waals surface area contributed by atoms with E-state index in [-0.39, 0.29) is 23.6 Å². The quantitative estimate of drug-likeness (QED) is 0.873. The molecule has 0 aromatic carbocycles. The van der Waals surface area contributed by atoms with E-state index in [9.17, 15) is 14.7 Å². The maximum absolute atomic E-state index is 12.4. The summed E-state index contributed by atoms with van der Waals surface area (Å²) in [6, 6.07) is 0. The molecule has 2 aromatic heterocycles. The topological polar surface area (TPSA) is 83.7 Å². The zero-order valence-electron chi connectivity index (χ0n) is 13.2.